The molecule has 0 radical (unpaired) electrons. The van der Waals surface area contributed by atoms with Crippen LogP contribution in [0.5, 0.6) is 0 Å². The van der Waals surface area contributed by atoms with E-state index in [1.807, 2.05) is 14.1 Å². The Labute approximate surface area is 385 Å². The summed E-state index contributed by atoms with van der Waals surface area (Å²) in [5.41, 5.74) is 0. The summed E-state index contributed by atoms with van der Waals surface area (Å²) in [6.45, 7) is 10.7. The van der Waals surface area contributed by atoms with Crippen LogP contribution in [0.25, 0.3) is 0 Å². The number of carbonyl (C=O) groups excluding carboxylic acids is 3. The van der Waals surface area contributed by atoms with Crippen molar-refractivity contribution in [1.29, 1.82) is 0 Å². The molecule has 0 aliphatic carbocycles. The van der Waals surface area contributed by atoms with Crippen molar-refractivity contribution in [2.75, 3.05) is 33.9 Å². The van der Waals surface area contributed by atoms with E-state index in [1.54, 1.807) is 0 Å². The SMILES string of the molecule is CCCCCCC(C=CCOC(=O)CCCCCCCC(CCCCCCCC(=O)OCC=CC(CCCCCC)CCCCCC)OC(=O)CCCN(C)C)CCCCCC. The third-order valence-electron chi connectivity index (χ3n) is 12.3. The van der Waals surface area contributed by atoms with Gasteiger partial charge in [-0.15, -0.1) is 0 Å². The van der Waals surface area contributed by atoms with Crippen LogP contribution in [0.3, 0.4) is 0 Å². The van der Waals surface area contributed by atoms with Crippen LogP contribution >= 0.6 is 0 Å². The highest BCUT2D eigenvalue weighted by Crippen LogP contribution is 2.22. The molecule has 0 atom stereocenters. The van der Waals surface area contributed by atoms with Crippen molar-refractivity contribution in [2.45, 2.75) is 265 Å². The fourth-order valence-corrected chi connectivity index (χ4v) is 8.32. The standard InChI is InChI=1S/C55H103NO6/c1-7-11-15-25-36-50(37-26-16-12-8-2)40-34-48-60-53(57)44-31-23-19-21-29-42-52(62-55(59)46-33-47-56(5)6)43-30-22-20-24-32-45-54(58)61-49-35-41-51(38-27-17-13-9-3)39-28-18-14-10-4/h34-35,40-41,50-52H,7-33,36-39,42-49H2,1-6H3. The molecule has 0 aromatic rings. The van der Waals surface area contributed by atoms with Crippen LogP contribution in [0.15, 0.2) is 24.3 Å². The first-order valence-electron chi connectivity index (χ1n) is 26.7. The first kappa shape index (κ1) is 59.9. The van der Waals surface area contributed by atoms with E-state index in [0.717, 1.165) is 90.0 Å². The Morgan fingerprint density at radius 3 is 1.10 bits per heavy atom. The Kier molecular flexibility index (Phi) is 45.2. The van der Waals surface area contributed by atoms with Crippen LogP contribution in [-0.4, -0.2) is 62.8 Å². The lowest BCUT2D eigenvalue weighted by Crippen LogP contribution is -2.20. The fraction of sp³-hybridized carbons (Fsp3) is 0.873. The number of unbranched alkanes of at least 4 members (excludes halogenated alkanes) is 20. The quantitative estimate of drug-likeness (QED) is 0.0261. The highest BCUT2D eigenvalue weighted by Gasteiger charge is 2.15. The Morgan fingerprint density at radius 2 is 0.726 bits per heavy atom. The molecule has 0 fully saturated rings. The van der Waals surface area contributed by atoms with E-state index < -0.39 is 0 Å². The van der Waals surface area contributed by atoms with E-state index in [0.29, 0.717) is 44.3 Å². The number of carbonyl (C=O) groups is 3. The number of rotatable bonds is 47. The molecule has 0 saturated heterocycles. The van der Waals surface area contributed by atoms with Crippen molar-refractivity contribution < 1.29 is 28.6 Å². The van der Waals surface area contributed by atoms with Gasteiger partial charge in [-0.05, 0) is 103 Å². The summed E-state index contributed by atoms with van der Waals surface area (Å²) in [5, 5.41) is 0. The predicted molar refractivity (Wildman–Crippen MR) is 265 cm³/mol. The maximum absolute atomic E-state index is 12.7. The summed E-state index contributed by atoms with van der Waals surface area (Å²) in [7, 11) is 4.06. The zero-order chi connectivity index (χ0) is 45.6. The second kappa shape index (κ2) is 46.8. The normalized spacial score (nSPS) is 12.4. The molecular formula is C55H103NO6. The van der Waals surface area contributed by atoms with Crippen molar-refractivity contribution in [2.24, 2.45) is 11.8 Å². The molecule has 0 aliphatic rings. The van der Waals surface area contributed by atoms with E-state index in [2.05, 4.69) is 56.9 Å². The Hall–Kier alpha value is -2.15. The topological polar surface area (TPSA) is 82.1 Å². The average Bonchev–Trinajstić information content (AvgIpc) is 3.25. The minimum atomic E-state index is -0.0915. The number of hydrogen-bond acceptors (Lipinski definition) is 7. The molecule has 0 heterocycles. The number of allylic oxidation sites excluding steroid dienone is 2. The smallest absolute Gasteiger partial charge is 0.306 e. The Bertz CT molecular complexity index is 964. The van der Waals surface area contributed by atoms with E-state index in [-0.39, 0.29) is 24.0 Å². The van der Waals surface area contributed by atoms with E-state index in [1.165, 1.54) is 128 Å². The zero-order valence-electron chi connectivity index (χ0n) is 42.0. The molecule has 0 rings (SSSR count). The third-order valence-corrected chi connectivity index (χ3v) is 12.3. The van der Waals surface area contributed by atoms with Gasteiger partial charge in [0.05, 0.1) is 0 Å². The minimum absolute atomic E-state index is 0.0347. The summed E-state index contributed by atoms with van der Waals surface area (Å²) in [4.78, 5) is 39.6. The molecule has 0 aliphatic heterocycles. The number of hydrogen-bond donors (Lipinski definition) is 0. The van der Waals surface area contributed by atoms with Gasteiger partial charge in [0, 0.05) is 19.3 Å². The molecule has 62 heavy (non-hydrogen) atoms. The zero-order valence-corrected chi connectivity index (χ0v) is 42.0. The number of nitrogens with zero attached hydrogens (tertiary/aromatic N) is 1. The molecule has 0 bridgehead atoms. The lowest BCUT2D eigenvalue weighted by Gasteiger charge is -2.18. The third kappa shape index (κ3) is 43.1. The summed E-state index contributed by atoms with van der Waals surface area (Å²) >= 11 is 0. The van der Waals surface area contributed by atoms with Gasteiger partial charge in [-0.1, -0.05) is 193 Å². The average molecular weight is 874 g/mol. The van der Waals surface area contributed by atoms with Crippen LogP contribution in [0, 0.1) is 11.8 Å². The van der Waals surface area contributed by atoms with Gasteiger partial charge in [-0.3, -0.25) is 14.4 Å². The fourth-order valence-electron chi connectivity index (χ4n) is 8.32. The van der Waals surface area contributed by atoms with Crippen LogP contribution in [0.2, 0.25) is 0 Å². The van der Waals surface area contributed by atoms with Gasteiger partial charge in [0.2, 0.25) is 0 Å². The van der Waals surface area contributed by atoms with Crippen LogP contribution < -0.4 is 0 Å². The molecule has 7 heteroatoms. The molecule has 0 aromatic heterocycles. The number of ether oxygens (including phenoxy) is 3. The van der Waals surface area contributed by atoms with Gasteiger partial charge >= 0.3 is 17.9 Å². The van der Waals surface area contributed by atoms with Gasteiger partial charge in [0.1, 0.15) is 19.3 Å². The van der Waals surface area contributed by atoms with Gasteiger partial charge < -0.3 is 19.1 Å². The number of esters is 3. The van der Waals surface area contributed by atoms with Gasteiger partial charge in [-0.25, -0.2) is 0 Å². The predicted octanol–water partition coefficient (Wildman–Crippen LogP) is 16.0. The van der Waals surface area contributed by atoms with Gasteiger partial charge in [0.15, 0.2) is 0 Å². The van der Waals surface area contributed by atoms with Crippen LogP contribution in [-0.2, 0) is 28.6 Å². The molecule has 0 unspecified atom stereocenters. The van der Waals surface area contributed by atoms with E-state index >= 15 is 0 Å². The van der Waals surface area contributed by atoms with Crippen molar-refractivity contribution in [3.63, 3.8) is 0 Å². The van der Waals surface area contributed by atoms with E-state index in [9.17, 15) is 14.4 Å². The van der Waals surface area contributed by atoms with Crippen molar-refractivity contribution in [3.8, 4) is 0 Å². The highest BCUT2D eigenvalue weighted by atomic mass is 16.5. The Morgan fingerprint density at radius 1 is 0.403 bits per heavy atom. The van der Waals surface area contributed by atoms with Gasteiger partial charge in [-0.2, -0.15) is 0 Å². The van der Waals surface area contributed by atoms with Crippen LogP contribution in [0.4, 0.5) is 0 Å². The largest absolute Gasteiger partial charge is 0.462 e. The van der Waals surface area contributed by atoms with Gasteiger partial charge in [0.25, 0.3) is 0 Å². The summed E-state index contributed by atoms with van der Waals surface area (Å²) in [6, 6.07) is 0. The minimum Gasteiger partial charge on any atom is -0.462 e. The first-order chi connectivity index (χ1) is 30.2. The molecule has 0 amide bonds. The maximum atomic E-state index is 12.7. The lowest BCUT2D eigenvalue weighted by molar-refractivity contribution is -0.150. The molecule has 0 saturated carbocycles. The maximum Gasteiger partial charge on any atom is 0.306 e. The molecule has 0 N–H and O–H groups in total. The highest BCUT2D eigenvalue weighted by molar-refractivity contribution is 5.70. The molecule has 7 nitrogen and oxygen atoms in total. The first-order valence-corrected chi connectivity index (χ1v) is 26.7. The van der Waals surface area contributed by atoms with Crippen molar-refractivity contribution in [3.05, 3.63) is 24.3 Å². The van der Waals surface area contributed by atoms with Crippen LogP contribution in [0.1, 0.15) is 259 Å². The van der Waals surface area contributed by atoms with E-state index in [4.69, 9.17) is 14.2 Å². The molecule has 364 valence electrons. The summed E-state index contributed by atoms with van der Waals surface area (Å²) < 4.78 is 17.1. The van der Waals surface area contributed by atoms with Crippen molar-refractivity contribution in [1.82, 2.24) is 4.90 Å². The second-order valence-corrected chi connectivity index (χ2v) is 18.8. The molecular weight excluding hydrogens is 771 g/mol. The lowest BCUT2D eigenvalue weighted by atomic mass is 9.94. The molecule has 0 spiro atoms. The monoisotopic (exact) mass is 874 g/mol. The second-order valence-electron chi connectivity index (χ2n) is 18.8. The van der Waals surface area contributed by atoms with Crippen molar-refractivity contribution >= 4 is 17.9 Å². The Balaban J connectivity index is 4.44. The molecule has 0 aromatic carbocycles. The summed E-state index contributed by atoms with van der Waals surface area (Å²) in [5.74, 6) is 0.946. The summed E-state index contributed by atoms with van der Waals surface area (Å²) in [6.07, 6.45) is 48.6.